The summed E-state index contributed by atoms with van der Waals surface area (Å²) in [5, 5.41) is 13.7. The van der Waals surface area contributed by atoms with E-state index in [2.05, 4.69) is 27.8 Å². The highest BCUT2D eigenvalue weighted by atomic mass is 16.2. The topological polar surface area (TPSA) is 121 Å². The van der Waals surface area contributed by atoms with Gasteiger partial charge < -0.3 is 16.4 Å². The van der Waals surface area contributed by atoms with Crippen molar-refractivity contribution in [2.45, 2.75) is 45.3 Å². The third kappa shape index (κ3) is 8.46. The molecule has 0 saturated heterocycles. The minimum Gasteiger partial charge on any atom is -0.384 e. The van der Waals surface area contributed by atoms with Gasteiger partial charge in [-0.25, -0.2) is 0 Å². The Balaban J connectivity index is 1.55. The van der Waals surface area contributed by atoms with Crippen molar-refractivity contribution in [1.82, 2.24) is 15.6 Å². The Morgan fingerprint density at radius 2 is 1.57 bits per heavy atom. The minimum atomic E-state index is -0.444. The Morgan fingerprint density at radius 1 is 0.914 bits per heavy atom. The van der Waals surface area contributed by atoms with Crippen LogP contribution in [-0.4, -0.2) is 28.6 Å². The number of hydrogen-bond acceptors (Lipinski definition) is 5. The highest BCUT2D eigenvalue weighted by Gasteiger charge is 2.23. The first-order valence-corrected chi connectivity index (χ1v) is 11.8. The van der Waals surface area contributed by atoms with Gasteiger partial charge in [0.25, 0.3) is 0 Å². The number of rotatable bonds is 13. The lowest BCUT2D eigenvalue weighted by molar-refractivity contribution is -0.129. The number of nitrogens with two attached hydrogens (primary N) is 1. The summed E-state index contributed by atoms with van der Waals surface area (Å²) in [7, 11) is 0. The summed E-state index contributed by atoms with van der Waals surface area (Å²) in [5.41, 5.74) is 9.26. The summed E-state index contributed by atoms with van der Waals surface area (Å²) in [4.78, 5) is 29.9. The van der Waals surface area contributed by atoms with E-state index in [0.29, 0.717) is 25.1 Å². The van der Waals surface area contributed by atoms with Gasteiger partial charge in [0, 0.05) is 43.4 Å². The van der Waals surface area contributed by atoms with Crippen LogP contribution in [0.4, 0.5) is 0 Å². The fourth-order valence-electron chi connectivity index (χ4n) is 3.78. The van der Waals surface area contributed by atoms with Gasteiger partial charge in [-0.1, -0.05) is 61.5 Å². The zero-order chi connectivity index (χ0) is 25.0. The molecule has 35 heavy (non-hydrogen) atoms. The number of Topliss-reactive ketones (excluding diaryl/α,β-unsaturated/α-hetero) is 1. The number of carbonyl (C=O) groups excluding carboxylic acids is 2. The van der Waals surface area contributed by atoms with Crippen molar-refractivity contribution in [2.75, 3.05) is 0 Å². The van der Waals surface area contributed by atoms with Gasteiger partial charge >= 0.3 is 0 Å². The van der Waals surface area contributed by atoms with E-state index < -0.39 is 5.92 Å². The largest absolute Gasteiger partial charge is 0.384 e. The van der Waals surface area contributed by atoms with Crippen molar-refractivity contribution in [3.05, 3.63) is 101 Å². The maximum atomic E-state index is 13.2. The molecule has 0 aliphatic carbocycles. The SMILES string of the molecule is C[C@H](CC(=O)[C@@H](CCc1ccccc1)NCc1ccncc1)C(=O)NCc1ccc(C(=N)N)cc1. The summed E-state index contributed by atoms with van der Waals surface area (Å²) in [5.74, 6) is -0.568. The first-order valence-electron chi connectivity index (χ1n) is 11.8. The third-order valence-electron chi connectivity index (χ3n) is 5.94. The van der Waals surface area contributed by atoms with Gasteiger partial charge in [0.15, 0.2) is 5.78 Å². The molecule has 0 unspecified atom stereocenters. The molecule has 3 rings (SSSR count). The van der Waals surface area contributed by atoms with Crippen molar-refractivity contribution >= 4 is 17.5 Å². The van der Waals surface area contributed by atoms with E-state index in [0.717, 1.165) is 17.5 Å². The van der Waals surface area contributed by atoms with Gasteiger partial charge in [-0.05, 0) is 41.7 Å². The molecule has 3 aromatic rings. The standard InChI is InChI=1S/C28H33N5O2/c1-20(28(35)33-19-22-7-10-24(11-8-22)27(29)30)17-26(34)25(12-9-21-5-3-2-4-6-21)32-18-23-13-15-31-16-14-23/h2-8,10-11,13-16,20,25,32H,9,12,17-19H2,1H3,(H3,29,30)(H,33,35)/t20-,25-/m1/s1. The third-order valence-corrected chi connectivity index (χ3v) is 5.94. The van der Waals surface area contributed by atoms with Gasteiger partial charge in [0.2, 0.25) is 5.91 Å². The maximum Gasteiger partial charge on any atom is 0.223 e. The molecule has 1 amide bonds. The highest BCUT2D eigenvalue weighted by molar-refractivity contribution is 5.94. The van der Waals surface area contributed by atoms with E-state index in [1.54, 1.807) is 31.5 Å². The Bertz CT molecular complexity index is 1060. The van der Waals surface area contributed by atoms with Crippen LogP contribution in [-0.2, 0) is 29.1 Å². The number of aromatic nitrogens is 1. The Morgan fingerprint density at radius 3 is 2.23 bits per heavy atom. The molecule has 2 aromatic carbocycles. The summed E-state index contributed by atoms with van der Waals surface area (Å²) in [6, 6.07) is 20.7. The lowest BCUT2D eigenvalue weighted by Gasteiger charge is -2.20. The lowest BCUT2D eigenvalue weighted by atomic mass is 9.95. The normalized spacial score (nSPS) is 12.5. The summed E-state index contributed by atoms with van der Waals surface area (Å²) in [6.45, 7) is 2.70. The number of carbonyl (C=O) groups is 2. The van der Waals surface area contributed by atoms with Crippen molar-refractivity contribution in [3.63, 3.8) is 0 Å². The molecule has 0 aliphatic heterocycles. The van der Waals surface area contributed by atoms with Gasteiger partial charge in [-0.3, -0.25) is 20.0 Å². The fourth-order valence-corrected chi connectivity index (χ4v) is 3.78. The van der Waals surface area contributed by atoms with Crippen molar-refractivity contribution in [2.24, 2.45) is 11.7 Å². The van der Waals surface area contributed by atoms with Crippen LogP contribution in [0.15, 0.2) is 79.1 Å². The van der Waals surface area contributed by atoms with Crippen molar-refractivity contribution < 1.29 is 9.59 Å². The average molecular weight is 472 g/mol. The molecule has 0 spiro atoms. The first-order chi connectivity index (χ1) is 16.9. The molecule has 0 saturated carbocycles. The summed E-state index contributed by atoms with van der Waals surface area (Å²) < 4.78 is 0. The fraction of sp³-hybridized carbons (Fsp3) is 0.286. The molecule has 1 aromatic heterocycles. The van der Waals surface area contributed by atoms with Crippen molar-refractivity contribution in [1.29, 1.82) is 5.41 Å². The molecular formula is C28H33N5O2. The second-order valence-electron chi connectivity index (χ2n) is 8.71. The highest BCUT2D eigenvalue weighted by Crippen LogP contribution is 2.13. The average Bonchev–Trinajstić information content (AvgIpc) is 2.88. The van der Waals surface area contributed by atoms with Gasteiger partial charge in [-0.2, -0.15) is 0 Å². The zero-order valence-electron chi connectivity index (χ0n) is 20.0. The molecule has 182 valence electrons. The lowest BCUT2D eigenvalue weighted by Crippen LogP contribution is -2.39. The molecule has 1 heterocycles. The molecule has 2 atom stereocenters. The van der Waals surface area contributed by atoms with Crippen LogP contribution in [0.3, 0.4) is 0 Å². The Kier molecular flexibility index (Phi) is 9.69. The second-order valence-corrected chi connectivity index (χ2v) is 8.71. The van der Waals surface area contributed by atoms with Crippen LogP contribution in [0.2, 0.25) is 0 Å². The van der Waals surface area contributed by atoms with Gasteiger partial charge in [0.1, 0.15) is 5.84 Å². The smallest absolute Gasteiger partial charge is 0.223 e. The van der Waals surface area contributed by atoms with Crippen LogP contribution in [0, 0.1) is 11.3 Å². The molecule has 0 bridgehead atoms. The Labute approximate surface area is 206 Å². The van der Waals surface area contributed by atoms with E-state index in [9.17, 15) is 9.59 Å². The number of amides is 1. The number of pyridine rings is 1. The number of nitrogens with zero attached hydrogens (tertiary/aromatic N) is 1. The number of aryl methyl sites for hydroxylation is 1. The maximum absolute atomic E-state index is 13.2. The van der Waals surface area contributed by atoms with Crippen LogP contribution >= 0.6 is 0 Å². The van der Waals surface area contributed by atoms with Crippen molar-refractivity contribution in [3.8, 4) is 0 Å². The molecule has 7 nitrogen and oxygen atoms in total. The number of hydrogen-bond donors (Lipinski definition) is 4. The molecule has 7 heteroatoms. The zero-order valence-corrected chi connectivity index (χ0v) is 20.0. The van der Waals surface area contributed by atoms with E-state index in [-0.39, 0.29) is 30.0 Å². The molecule has 0 fully saturated rings. The van der Waals surface area contributed by atoms with E-state index in [1.807, 2.05) is 42.5 Å². The van der Waals surface area contributed by atoms with Crippen LogP contribution in [0.5, 0.6) is 0 Å². The monoisotopic (exact) mass is 471 g/mol. The molecule has 0 radical (unpaired) electrons. The van der Waals surface area contributed by atoms with Crippen LogP contribution in [0.1, 0.15) is 42.0 Å². The van der Waals surface area contributed by atoms with Crippen LogP contribution < -0.4 is 16.4 Å². The van der Waals surface area contributed by atoms with Gasteiger partial charge in [-0.15, -0.1) is 0 Å². The number of nitrogens with one attached hydrogen (secondary N) is 3. The number of amidine groups is 1. The number of benzene rings is 2. The molecular weight excluding hydrogens is 438 g/mol. The Hall–Kier alpha value is -3.84. The minimum absolute atomic E-state index is 0.00655. The number of nitrogen functional groups attached to an aromatic ring is 1. The van der Waals surface area contributed by atoms with E-state index in [1.165, 1.54) is 5.56 Å². The van der Waals surface area contributed by atoms with E-state index >= 15 is 0 Å². The summed E-state index contributed by atoms with van der Waals surface area (Å²) >= 11 is 0. The summed E-state index contributed by atoms with van der Waals surface area (Å²) in [6.07, 6.45) is 5.07. The second kappa shape index (κ2) is 13.2. The number of ketones is 1. The molecule has 0 aliphatic rings. The van der Waals surface area contributed by atoms with Gasteiger partial charge in [0.05, 0.1) is 6.04 Å². The first kappa shape index (κ1) is 25.8. The van der Waals surface area contributed by atoms with Crippen LogP contribution in [0.25, 0.3) is 0 Å². The predicted octanol–water partition coefficient (Wildman–Crippen LogP) is 3.37. The predicted molar refractivity (Wildman–Crippen MR) is 138 cm³/mol. The quantitative estimate of drug-likeness (QED) is 0.225. The molecule has 5 N–H and O–H groups in total. The van der Waals surface area contributed by atoms with E-state index in [4.69, 9.17) is 11.1 Å².